The first kappa shape index (κ1) is 22.8. The van der Waals surface area contributed by atoms with Crippen molar-refractivity contribution in [3.63, 3.8) is 0 Å². The van der Waals surface area contributed by atoms with E-state index in [1.165, 1.54) is 56.3 Å². The van der Waals surface area contributed by atoms with Crippen LogP contribution in [0, 0.1) is 5.92 Å². The third-order valence-electron chi connectivity index (χ3n) is 6.32. The maximum absolute atomic E-state index is 8.36. The van der Waals surface area contributed by atoms with Crippen LogP contribution >= 0.6 is 0 Å². The molecule has 8 nitrogen and oxygen atoms in total. The summed E-state index contributed by atoms with van der Waals surface area (Å²) in [6, 6.07) is 7.33. The number of fused-ring (bicyclic) bond motifs is 2. The van der Waals surface area contributed by atoms with Crippen molar-refractivity contribution < 1.29 is 24.5 Å². The number of benzene rings is 1. The van der Waals surface area contributed by atoms with Gasteiger partial charge in [0, 0.05) is 37.0 Å². The molecule has 0 saturated carbocycles. The quantitative estimate of drug-likeness (QED) is 0.722. The van der Waals surface area contributed by atoms with Crippen LogP contribution in [-0.2, 0) is 22.6 Å². The molecule has 2 atom stereocenters. The van der Waals surface area contributed by atoms with Crippen molar-refractivity contribution in [1.29, 1.82) is 0 Å². The van der Waals surface area contributed by atoms with Crippen LogP contribution in [0.2, 0.25) is 0 Å². The van der Waals surface area contributed by atoms with Crippen molar-refractivity contribution in [1.82, 2.24) is 14.5 Å². The summed E-state index contributed by atoms with van der Waals surface area (Å²) in [4.78, 5) is 24.2. The van der Waals surface area contributed by atoms with Crippen LogP contribution in [0.25, 0.3) is 11.4 Å². The lowest BCUT2D eigenvalue weighted by Gasteiger charge is -2.44. The van der Waals surface area contributed by atoms with E-state index in [-0.39, 0.29) is 12.9 Å². The van der Waals surface area contributed by atoms with Gasteiger partial charge in [0.25, 0.3) is 12.9 Å². The number of carbonyl (C=O) groups is 2. The molecule has 4 heterocycles. The minimum atomic E-state index is -0.250. The lowest BCUT2D eigenvalue weighted by Crippen LogP contribution is -2.49. The fraction of sp³-hybridized carbons (Fsp3) is 0.522. The van der Waals surface area contributed by atoms with Crippen LogP contribution in [0.3, 0.4) is 0 Å². The zero-order valence-corrected chi connectivity index (χ0v) is 17.7. The summed E-state index contributed by atoms with van der Waals surface area (Å²) in [6.45, 7) is 4.03. The Morgan fingerprint density at radius 1 is 1.10 bits per heavy atom. The van der Waals surface area contributed by atoms with Crippen molar-refractivity contribution in [3.8, 4) is 17.1 Å². The van der Waals surface area contributed by atoms with Gasteiger partial charge in [-0.25, -0.2) is 4.98 Å². The Morgan fingerprint density at radius 3 is 2.68 bits per heavy atom. The van der Waals surface area contributed by atoms with Gasteiger partial charge in [0.15, 0.2) is 0 Å². The van der Waals surface area contributed by atoms with Gasteiger partial charge in [-0.3, -0.25) is 9.59 Å². The molecule has 0 aliphatic carbocycles. The Balaban J connectivity index is 0.000000411. The highest BCUT2D eigenvalue weighted by molar-refractivity contribution is 5.60. The molecule has 0 bridgehead atoms. The summed E-state index contributed by atoms with van der Waals surface area (Å²) in [7, 11) is 0. The molecule has 8 heteroatoms. The number of nitrogens with zero attached hydrogens (tertiary/aromatic N) is 3. The molecule has 1 aromatic carbocycles. The van der Waals surface area contributed by atoms with Gasteiger partial charge in [-0.2, -0.15) is 0 Å². The Labute approximate surface area is 182 Å². The first-order valence-electron chi connectivity index (χ1n) is 10.9. The lowest BCUT2D eigenvalue weighted by molar-refractivity contribution is -0.123. The predicted molar refractivity (Wildman–Crippen MR) is 116 cm³/mol. The van der Waals surface area contributed by atoms with Crippen LogP contribution in [0.4, 0.5) is 0 Å². The largest absolute Gasteiger partial charge is 0.493 e. The van der Waals surface area contributed by atoms with Crippen molar-refractivity contribution in [2.75, 3.05) is 19.7 Å². The standard InChI is InChI=1S/C21H27N3O.2CH2O2/c1-2-10-23-11-3-4-18(19(23)5-1)15-24-12-9-22-21(24)17-6-7-20-16(14-17)8-13-25-20;2*2-1-3/h6-7,9,12,14,18-19H,1-5,8,10-11,13,15H2;2*1H,(H,2,3)/t18-,19+;;/m0../s1. The van der Waals surface area contributed by atoms with Gasteiger partial charge >= 0.3 is 0 Å². The third kappa shape index (κ3) is 5.64. The highest BCUT2D eigenvalue weighted by Gasteiger charge is 2.33. The topological polar surface area (TPSA) is 105 Å². The molecule has 3 aliphatic heterocycles. The monoisotopic (exact) mass is 429 g/mol. The molecule has 2 N–H and O–H groups in total. The van der Waals surface area contributed by atoms with Gasteiger partial charge < -0.3 is 24.4 Å². The number of carboxylic acid groups (broad SMARTS) is 2. The highest BCUT2D eigenvalue weighted by Crippen LogP contribution is 2.34. The number of piperidine rings is 2. The van der Waals surface area contributed by atoms with Gasteiger partial charge in [0.2, 0.25) is 0 Å². The number of aromatic nitrogens is 2. The molecule has 0 radical (unpaired) electrons. The van der Waals surface area contributed by atoms with Gasteiger partial charge in [0.1, 0.15) is 11.6 Å². The molecule has 0 unspecified atom stereocenters. The maximum Gasteiger partial charge on any atom is 0.290 e. The second kappa shape index (κ2) is 11.5. The number of hydrogen-bond donors (Lipinski definition) is 2. The van der Waals surface area contributed by atoms with Crippen LogP contribution in [0.5, 0.6) is 5.75 Å². The first-order chi connectivity index (χ1) is 15.2. The van der Waals surface area contributed by atoms with Crippen LogP contribution in [0.15, 0.2) is 30.6 Å². The summed E-state index contributed by atoms with van der Waals surface area (Å²) in [5.74, 6) is 2.93. The van der Waals surface area contributed by atoms with E-state index < -0.39 is 0 Å². The summed E-state index contributed by atoms with van der Waals surface area (Å²) < 4.78 is 8.04. The van der Waals surface area contributed by atoms with Crippen LogP contribution < -0.4 is 4.74 Å². The van der Waals surface area contributed by atoms with Crippen molar-refractivity contribution >= 4 is 12.9 Å². The Hall–Kier alpha value is -2.87. The number of imidazole rings is 1. The van der Waals surface area contributed by atoms with Gasteiger partial charge in [-0.05, 0) is 68.5 Å². The first-order valence-corrected chi connectivity index (χ1v) is 10.9. The summed E-state index contributed by atoms with van der Waals surface area (Å²) in [5, 5.41) is 13.8. The van der Waals surface area contributed by atoms with Crippen molar-refractivity contribution in [3.05, 3.63) is 36.2 Å². The Morgan fingerprint density at radius 2 is 1.87 bits per heavy atom. The summed E-state index contributed by atoms with van der Waals surface area (Å²) in [6.07, 6.45) is 12.0. The Bertz CT molecular complexity index is 845. The number of rotatable bonds is 3. The molecular weight excluding hydrogens is 398 g/mol. The minimum absolute atomic E-state index is 0.250. The minimum Gasteiger partial charge on any atom is -0.493 e. The molecule has 0 amide bonds. The molecule has 2 aromatic rings. The van der Waals surface area contributed by atoms with Crippen molar-refractivity contribution in [2.45, 2.75) is 51.1 Å². The molecule has 1 aromatic heterocycles. The molecule has 168 valence electrons. The van der Waals surface area contributed by atoms with E-state index in [1.54, 1.807) is 0 Å². The maximum atomic E-state index is 8.36. The zero-order valence-electron chi connectivity index (χ0n) is 17.7. The smallest absolute Gasteiger partial charge is 0.290 e. The average molecular weight is 430 g/mol. The third-order valence-corrected chi connectivity index (χ3v) is 6.32. The molecule has 0 spiro atoms. The zero-order chi connectivity index (χ0) is 22.1. The van der Waals surface area contributed by atoms with E-state index in [2.05, 4.69) is 38.8 Å². The van der Waals surface area contributed by atoms with E-state index in [1.807, 2.05) is 6.20 Å². The number of hydrogen-bond acceptors (Lipinski definition) is 5. The second-order valence-electron chi connectivity index (χ2n) is 8.04. The molecule has 2 saturated heterocycles. The molecule has 31 heavy (non-hydrogen) atoms. The molecule has 5 rings (SSSR count). The van der Waals surface area contributed by atoms with E-state index >= 15 is 0 Å². The Kier molecular flexibility index (Phi) is 8.46. The molecular formula is C23H31N3O5. The number of ether oxygens (including phenoxy) is 1. The van der Waals surface area contributed by atoms with Gasteiger partial charge in [-0.15, -0.1) is 0 Å². The summed E-state index contributed by atoms with van der Waals surface area (Å²) >= 11 is 0. The fourth-order valence-corrected chi connectivity index (χ4v) is 5.09. The van der Waals surface area contributed by atoms with E-state index in [9.17, 15) is 0 Å². The molecule has 2 fully saturated rings. The van der Waals surface area contributed by atoms with Gasteiger partial charge in [-0.1, -0.05) is 6.42 Å². The lowest BCUT2D eigenvalue weighted by atomic mass is 9.83. The highest BCUT2D eigenvalue weighted by atomic mass is 16.5. The fourth-order valence-electron chi connectivity index (χ4n) is 5.09. The summed E-state index contributed by atoms with van der Waals surface area (Å²) in [5.41, 5.74) is 2.55. The van der Waals surface area contributed by atoms with Gasteiger partial charge in [0.05, 0.1) is 6.61 Å². The van der Waals surface area contributed by atoms with E-state index in [0.29, 0.717) is 0 Å². The van der Waals surface area contributed by atoms with Crippen LogP contribution in [0.1, 0.15) is 37.7 Å². The van der Waals surface area contributed by atoms with Crippen LogP contribution in [-0.4, -0.2) is 63.3 Å². The van der Waals surface area contributed by atoms with E-state index in [4.69, 9.17) is 24.5 Å². The van der Waals surface area contributed by atoms with Crippen molar-refractivity contribution in [2.24, 2.45) is 5.92 Å². The normalized spacial score (nSPS) is 21.8. The SMILES string of the molecule is O=CO.O=CO.c1cn(C[C@@H]2CCCN3CCCC[C@H]23)c(-c2ccc3c(c2)CCO3)n1. The predicted octanol–water partition coefficient (Wildman–Crippen LogP) is 3.15. The molecule has 3 aliphatic rings. The average Bonchev–Trinajstić information content (AvgIpc) is 3.44. The van der Waals surface area contributed by atoms with E-state index in [0.717, 1.165) is 43.1 Å². The second-order valence-corrected chi connectivity index (χ2v) is 8.04.